The zero-order valence-corrected chi connectivity index (χ0v) is 20.4. The summed E-state index contributed by atoms with van der Waals surface area (Å²) in [6, 6.07) is 16.3. The Bertz CT molecular complexity index is 1070. The lowest BCUT2D eigenvalue weighted by molar-refractivity contribution is -0.121. The Balaban J connectivity index is 1.20. The highest BCUT2D eigenvalue weighted by molar-refractivity contribution is 8.15. The summed E-state index contributed by atoms with van der Waals surface area (Å²) in [6.07, 6.45) is 4.12. The topological polar surface area (TPSA) is 100 Å². The molecule has 0 aromatic heterocycles. The van der Waals surface area contributed by atoms with Crippen molar-refractivity contribution in [3.05, 3.63) is 60.2 Å². The normalized spacial score (nSPS) is 17.6. The number of carbonyl (C=O) groups excluding carboxylic acids is 3. The summed E-state index contributed by atoms with van der Waals surface area (Å²) < 4.78 is 5.62. The molecule has 4 rings (SSSR count). The Morgan fingerprint density at radius 3 is 2.66 bits per heavy atom. The van der Waals surface area contributed by atoms with E-state index in [4.69, 9.17) is 4.74 Å². The molecule has 9 heteroatoms. The van der Waals surface area contributed by atoms with E-state index in [0.717, 1.165) is 36.8 Å². The number of likely N-dealkylation sites (tertiary alicyclic amines) is 1. The number of carbonyl (C=O) groups is 3. The molecule has 1 fully saturated rings. The predicted molar refractivity (Wildman–Crippen MR) is 138 cm³/mol. The van der Waals surface area contributed by atoms with Gasteiger partial charge in [-0.3, -0.25) is 14.4 Å². The van der Waals surface area contributed by atoms with E-state index in [0.29, 0.717) is 30.8 Å². The lowest BCUT2D eigenvalue weighted by Gasteiger charge is -2.27. The third kappa shape index (κ3) is 7.32. The first-order valence-corrected chi connectivity index (χ1v) is 12.9. The second-order valence-electron chi connectivity index (χ2n) is 8.49. The van der Waals surface area contributed by atoms with Gasteiger partial charge in [0.05, 0.1) is 6.61 Å². The summed E-state index contributed by atoms with van der Waals surface area (Å²) in [6.45, 7) is 2.80. The molecule has 2 aromatic rings. The van der Waals surface area contributed by atoms with Crippen LogP contribution in [0.15, 0.2) is 59.6 Å². The van der Waals surface area contributed by atoms with Gasteiger partial charge in [0, 0.05) is 37.3 Å². The van der Waals surface area contributed by atoms with E-state index in [-0.39, 0.29) is 24.1 Å². The minimum Gasteiger partial charge on any atom is -0.494 e. The molecule has 1 saturated heterocycles. The molecule has 1 unspecified atom stereocenters. The molecule has 2 aliphatic heterocycles. The Kier molecular flexibility index (Phi) is 8.78. The molecule has 1 atom stereocenters. The highest BCUT2D eigenvalue weighted by atomic mass is 32.2. The van der Waals surface area contributed by atoms with Gasteiger partial charge in [-0.05, 0) is 56.0 Å². The Morgan fingerprint density at radius 1 is 1.06 bits per heavy atom. The van der Waals surface area contributed by atoms with Crippen molar-refractivity contribution in [2.24, 2.45) is 4.99 Å². The van der Waals surface area contributed by atoms with Crippen LogP contribution in [-0.4, -0.2) is 59.3 Å². The number of amides is 3. The SMILES string of the molecule is O=C(CC1SC(N2CCCCC2)=NC1=O)Nc1cccc(C(=O)NCCCOc2ccccc2)c1. The average molecular weight is 495 g/mol. The molecule has 2 N–H and O–H groups in total. The summed E-state index contributed by atoms with van der Waals surface area (Å²) >= 11 is 1.37. The molecule has 3 amide bonds. The quantitative estimate of drug-likeness (QED) is 0.516. The molecular weight excluding hydrogens is 464 g/mol. The fourth-order valence-electron chi connectivity index (χ4n) is 3.93. The summed E-state index contributed by atoms with van der Waals surface area (Å²) in [5.74, 6) is 0.0489. The van der Waals surface area contributed by atoms with Gasteiger partial charge in [-0.25, -0.2) is 0 Å². The van der Waals surface area contributed by atoms with Crippen molar-refractivity contribution in [1.29, 1.82) is 0 Å². The monoisotopic (exact) mass is 494 g/mol. The van der Waals surface area contributed by atoms with Crippen molar-refractivity contribution < 1.29 is 19.1 Å². The van der Waals surface area contributed by atoms with Crippen LogP contribution in [-0.2, 0) is 9.59 Å². The van der Waals surface area contributed by atoms with Gasteiger partial charge in [-0.1, -0.05) is 36.0 Å². The summed E-state index contributed by atoms with van der Waals surface area (Å²) in [7, 11) is 0. The van der Waals surface area contributed by atoms with Gasteiger partial charge in [-0.2, -0.15) is 4.99 Å². The molecule has 8 nitrogen and oxygen atoms in total. The molecule has 0 bridgehead atoms. The highest BCUT2D eigenvalue weighted by Crippen LogP contribution is 2.29. The molecule has 2 aliphatic rings. The van der Waals surface area contributed by atoms with E-state index in [9.17, 15) is 14.4 Å². The third-order valence-electron chi connectivity index (χ3n) is 5.75. The first-order chi connectivity index (χ1) is 17.1. The minimum absolute atomic E-state index is 0.0438. The maximum Gasteiger partial charge on any atom is 0.262 e. The molecule has 0 spiro atoms. The number of anilines is 1. The number of ether oxygens (including phenoxy) is 1. The Labute approximate surface area is 209 Å². The van der Waals surface area contributed by atoms with Gasteiger partial charge in [0.15, 0.2) is 5.17 Å². The number of piperidine rings is 1. The zero-order valence-electron chi connectivity index (χ0n) is 19.6. The van der Waals surface area contributed by atoms with Crippen LogP contribution in [0.4, 0.5) is 5.69 Å². The van der Waals surface area contributed by atoms with Crippen molar-refractivity contribution >= 4 is 40.3 Å². The molecule has 2 heterocycles. The lowest BCUT2D eigenvalue weighted by Crippen LogP contribution is -2.33. The van der Waals surface area contributed by atoms with E-state index in [1.807, 2.05) is 30.3 Å². The zero-order chi connectivity index (χ0) is 24.5. The van der Waals surface area contributed by atoms with Gasteiger partial charge in [0.2, 0.25) is 5.91 Å². The van der Waals surface area contributed by atoms with Crippen molar-refractivity contribution in [3.63, 3.8) is 0 Å². The van der Waals surface area contributed by atoms with E-state index in [1.165, 1.54) is 18.2 Å². The van der Waals surface area contributed by atoms with Crippen LogP contribution < -0.4 is 15.4 Å². The largest absolute Gasteiger partial charge is 0.494 e. The molecule has 2 aromatic carbocycles. The number of amidine groups is 1. The van der Waals surface area contributed by atoms with Crippen LogP contribution in [0, 0.1) is 0 Å². The van der Waals surface area contributed by atoms with E-state index in [1.54, 1.807) is 24.3 Å². The maximum absolute atomic E-state index is 12.6. The van der Waals surface area contributed by atoms with Crippen molar-refractivity contribution in [2.45, 2.75) is 37.4 Å². The number of hydrogen-bond acceptors (Lipinski definition) is 6. The first kappa shape index (κ1) is 24.8. The Morgan fingerprint density at radius 2 is 1.86 bits per heavy atom. The number of thioether (sulfide) groups is 1. The minimum atomic E-state index is -0.503. The van der Waals surface area contributed by atoms with Crippen molar-refractivity contribution in [1.82, 2.24) is 10.2 Å². The van der Waals surface area contributed by atoms with E-state index in [2.05, 4.69) is 20.5 Å². The second kappa shape index (κ2) is 12.4. The third-order valence-corrected chi connectivity index (χ3v) is 6.97. The van der Waals surface area contributed by atoms with Gasteiger partial charge in [0.1, 0.15) is 11.0 Å². The fourth-order valence-corrected chi connectivity index (χ4v) is 5.05. The van der Waals surface area contributed by atoms with Crippen LogP contribution in [0.5, 0.6) is 5.75 Å². The van der Waals surface area contributed by atoms with Crippen LogP contribution in [0.25, 0.3) is 0 Å². The smallest absolute Gasteiger partial charge is 0.262 e. The molecule has 184 valence electrons. The van der Waals surface area contributed by atoms with Crippen LogP contribution in [0.3, 0.4) is 0 Å². The fraction of sp³-hybridized carbons (Fsp3) is 0.385. The number of benzene rings is 2. The Hall–Kier alpha value is -3.33. The average Bonchev–Trinajstić information content (AvgIpc) is 3.24. The van der Waals surface area contributed by atoms with Crippen LogP contribution >= 0.6 is 11.8 Å². The standard InChI is InChI=1S/C26H30N4O4S/c31-23(18-22-25(33)29-26(35-22)30-14-5-2-6-15-30)28-20-10-7-9-19(17-20)24(32)27-13-8-16-34-21-11-3-1-4-12-21/h1,3-4,7,9-12,17,22H,2,5-6,8,13-16,18H2,(H,27,32)(H,28,31). The van der Waals surface area contributed by atoms with Gasteiger partial charge in [-0.15, -0.1) is 0 Å². The number of aliphatic imine (C=N–C) groups is 1. The van der Waals surface area contributed by atoms with Crippen LogP contribution in [0.2, 0.25) is 0 Å². The van der Waals surface area contributed by atoms with Gasteiger partial charge in [0.25, 0.3) is 11.8 Å². The number of rotatable bonds is 9. The van der Waals surface area contributed by atoms with Gasteiger partial charge >= 0.3 is 0 Å². The van der Waals surface area contributed by atoms with Gasteiger partial charge < -0.3 is 20.3 Å². The van der Waals surface area contributed by atoms with Crippen molar-refractivity contribution in [2.75, 3.05) is 31.6 Å². The number of nitrogens with one attached hydrogen (secondary N) is 2. The van der Waals surface area contributed by atoms with Crippen molar-refractivity contribution in [3.8, 4) is 5.75 Å². The van der Waals surface area contributed by atoms with E-state index >= 15 is 0 Å². The summed E-state index contributed by atoms with van der Waals surface area (Å²) in [5.41, 5.74) is 0.969. The maximum atomic E-state index is 12.6. The number of hydrogen-bond donors (Lipinski definition) is 2. The predicted octanol–water partition coefficient (Wildman–Crippen LogP) is 3.70. The summed E-state index contributed by atoms with van der Waals surface area (Å²) in [4.78, 5) is 43.7. The molecule has 0 saturated carbocycles. The second-order valence-corrected chi connectivity index (χ2v) is 9.66. The first-order valence-electron chi connectivity index (χ1n) is 12.0. The molecule has 0 aliphatic carbocycles. The lowest BCUT2D eigenvalue weighted by atomic mass is 10.1. The van der Waals surface area contributed by atoms with E-state index < -0.39 is 5.25 Å². The number of nitrogens with zero attached hydrogens (tertiary/aromatic N) is 2. The highest BCUT2D eigenvalue weighted by Gasteiger charge is 2.33. The van der Waals surface area contributed by atoms with Crippen LogP contribution in [0.1, 0.15) is 42.5 Å². The number of para-hydroxylation sites is 1. The molecule has 35 heavy (non-hydrogen) atoms. The molecular formula is C26H30N4O4S. The molecule has 0 radical (unpaired) electrons. The summed E-state index contributed by atoms with van der Waals surface area (Å²) in [5, 5.41) is 5.90.